The van der Waals surface area contributed by atoms with Crippen molar-refractivity contribution in [3.8, 4) is 0 Å². The maximum Gasteiger partial charge on any atom is 0.258 e. The van der Waals surface area contributed by atoms with Gasteiger partial charge < -0.3 is 14.8 Å². The van der Waals surface area contributed by atoms with Crippen LogP contribution in [0.15, 0.2) is 79.3 Å². The highest BCUT2D eigenvalue weighted by Gasteiger charge is 2.21. The molecule has 158 valence electrons. The normalized spacial score (nSPS) is 11.1. The molecular formula is C26H28N4O. The van der Waals surface area contributed by atoms with Crippen LogP contribution in [-0.4, -0.2) is 29.5 Å². The van der Waals surface area contributed by atoms with Crippen LogP contribution in [0, 0.1) is 5.92 Å². The lowest BCUT2D eigenvalue weighted by molar-refractivity contribution is 0.0985. The first-order valence-electron chi connectivity index (χ1n) is 10.6. The third kappa shape index (κ3) is 4.61. The fourth-order valence-electron chi connectivity index (χ4n) is 3.84. The van der Waals surface area contributed by atoms with E-state index in [1.165, 1.54) is 0 Å². The van der Waals surface area contributed by atoms with Crippen LogP contribution in [0.3, 0.4) is 0 Å². The molecule has 0 radical (unpaired) electrons. The van der Waals surface area contributed by atoms with E-state index in [0.29, 0.717) is 19.0 Å². The van der Waals surface area contributed by atoms with Crippen molar-refractivity contribution in [3.05, 3.63) is 90.5 Å². The highest BCUT2D eigenvalue weighted by molar-refractivity contribution is 6.14. The Bertz CT molecular complexity index is 1160. The average Bonchev–Trinajstić information content (AvgIpc) is 3.29. The lowest BCUT2D eigenvalue weighted by atomic mass is 10.0. The Morgan fingerprint density at radius 3 is 2.52 bits per heavy atom. The van der Waals surface area contributed by atoms with Gasteiger partial charge in [0.05, 0.1) is 18.6 Å². The average molecular weight is 413 g/mol. The van der Waals surface area contributed by atoms with Gasteiger partial charge in [-0.15, -0.1) is 0 Å². The van der Waals surface area contributed by atoms with E-state index in [2.05, 4.69) is 40.8 Å². The number of aromatic nitrogens is 2. The molecule has 1 heterocycles. The number of benzene rings is 3. The van der Waals surface area contributed by atoms with Gasteiger partial charge in [0, 0.05) is 36.7 Å². The highest BCUT2D eigenvalue weighted by Crippen LogP contribution is 2.27. The number of hydrogen-bond donors (Lipinski definition) is 1. The number of anilines is 2. The molecule has 3 aromatic carbocycles. The van der Waals surface area contributed by atoms with Crippen LogP contribution in [0.4, 0.5) is 11.4 Å². The zero-order valence-electron chi connectivity index (χ0n) is 18.2. The SMILES string of the molecule is CC(C)CN(C(=O)c1cccc2ccccc12)c1cccc(N(C)Cc2cnc[nH]2)c1. The van der Waals surface area contributed by atoms with Gasteiger partial charge in [0.2, 0.25) is 0 Å². The molecule has 0 saturated heterocycles. The summed E-state index contributed by atoms with van der Waals surface area (Å²) >= 11 is 0. The molecule has 1 amide bonds. The first kappa shape index (κ1) is 20.7. The summed E-state index contributed by atoms with van der Waals surface area (Å²) in [5.74, 6) is 0.365. The fourth-order valence-corrected chi connectivity index (χ4v) is 3.84. The van der Waals surface area contributed by atoms with Crippen molar-refractivity contribution < 1.29 is 4.79 Å². The Morgan fingerprint density at radius 2 is 1.74 bits per heavy atom. The van der Waals surface area contributed by atoms with E-state index >= 15 is 0 Å². The van der Waals surface area contributed by atoms with Crippen LogP contribution >= 0.6 is 0 Å². The summed E-state index contributed by atoms with van der Waals surface area (Å²) in [6, 6.07) is 22.1. The van der Waals surface area contributed by atoms with Crippen molar-refractivity contribution in [2.75, 3.05) is 23.4 Å². The summed E-state index contributed by atoms with van der Waals surface area (Å²) in [4.78, 5) is 25.0. The van der Waals surface area contributed by atoms with E-state index in [1.54, 1.807) is 6.33 Å². The van der Waals surface area contributed by atoms with Crippen LogP contribution in [-0.2, 0) is 6.54 Å². The largest absolute Gasteiger partial charge is 0.369 e. The first-order chi connectivity index (χ1) is 15.0. The van der Waals surface area contributed by atoms with E-state index in [4.69, 9.17) is 0 Å². The predicted octanol–water partition coefficient (Wildman–Crippen LogP) is 5.50. The number of fused-ring (bicyclic) bond motifs is 1. The molecule has 1 N–H and O–H groups in total. The summed E-state index contributed by atoms with van der Waals surface area (Å²) in [6.07, 6.45) is 3.52. The van der Waals surface area contributed by atoms with Gasteiger partial charge in [-0.25, -0.2) is 4.98 Å². The molecule has 0 fully saturated rings. The van der Waals surface area contributed by atoms with Gasteiger partial charge in [-0.3, -0.25) is 4.79 Å². The number of amides is 1. The number of carbonyl (C=O) groups is 1. The van der Waals surface area contributed by atoms with Gasteiger partial charge >= 0.3 is 0 Å². The molecule has 1 aromatic heterocycles. The highest BCUT2D eigenvalue weighted by atomic mass is 16.2. The summed E-state index contributed by atoms with van der Waals surface area (Å²) in [6.45, 7) is 5.63. The van der Waals surface area contributed by atoms with Gasteiger partial charge in [0.15, 0.2) is 0 Å². The van der Waals surface area contributed by atoms with Gasteiger partial charge in [0.25, 0.3) is 5.91 Å². The molecule has 0 spiro atoms. The fraction of sp³-hybridized carbons (Fsp3) is 0.231. The summed E-state index contributed by atoms with van der Waals surface area (Å²) in [5.41, 5.74) is 3.72. The number of H-pyrrole nitrogens is 1. The smallest absolute Gasteiger partial charge is 0.258 e. The van der Waals surface area contributed by atoms with Crippen molar-refractivity contribution in [1.82, 2.24) is 9.97 Å². The maximum absolute atomic E-state index is 13.7. The molecule has 0 atom stereocenters. The minimum atomic E-state index is 0.0267. The minimum Gasteiger partial charge on any atom is -0.369 e. The van der Waals surface area contributed by atoms with Crippen LogP contribution in [0.2, 0.25) is 0 Å². The number of nitrogens with one attached hydrogen (secondary N) is 1. The van der Waals surface area contributed by atoms with Crippen molar-refractivity contribution in [1.29, 1.82) is 0 Å². The second-order valence-corrected chi connectivity index (χ2v) is 8.29. The molecule has 4 aromatic rings. The van der Waals surface area contributed by atoms with Crippen molar-refractivity contribution >= 4 is 28.1 Å². The molecule has 0 aliphatic rings. The number of nitrogens with zero attached hydrogens (tertiary/aromatic N) is 3. The second-order valence-electron chi connectivity index (χ2n) is 8.29. The van der Waals surface area contributed by atoms with Crippen LogP contribution in [0.25, 0.3) is 10.8 Å². The van der Waals surface area contributed by atoms with Crippen molar-refractivity contribution in [3.63, 3.8) is 0 Å². The zero-order chi connectivity index (χ0) is 21.8. The number of rotatable bonds is 7. The number of hydrogen-bond acceptors (Lipinski definition) is 3. The van der Waals surface area contributed by atoms with E-state index < -0.39 is 0 Å². The van der Waals surface area contributed by atoms with E-state index in [0.717, 1.165) is 33.4 Å². The third-order valence-corrected chi connectivity index (χ3v) is 5.36. The molecule has 4 rings (SSSR count). The van der Waals surface area contributed by atoms with Gasteiger partial charge in [-0.1, -0.05) is 56.3 Å². The maximum atomic E-state index is 13.7. The Labute approximate surface area is 183 Å². The number of imidazole rings is 1. The third-order valence-electron chi connectivity index (χ3n) is 5.36. The van der Waals surface area contributed by atoms with Crippen LogP contribution < -0.4 is 9.80 Å². The molecule has 5 nitrogen and oxygen atoms in total. The van der Waals surface area contributed by atoms with Crippen molar-refractivity contribution in [2.45, 2.75) is 20.4 Å². The quantitative estimate of drug-likeness (QED) is 0.436. The predicted molar refractivity (Wildman–Crippen MR) is 128 cm³/mol. The molecule has 0 bridgehead atoms. The van der Waals surface area contributed by atoms with Gasteiger partial charge in [-0.2, -0.15) is 0 Å². The Hall–Kier alpha value is -3.60. The molecule has 0 unspecified atom stereocenters. The molecule has 31 heavy (non-hydrogen) atoms. The van der Waals surface area contributed by atoms with E-state index in [9.17, 15) is 4.79 Å². The molecule has 5 heteroatoms. The Kier molecular flexibility index (Phi) is 6.03. The number of carbonyl (C=O) groups excluding carboxylic acids is 1. The van der Waals surface area contributed by atoms with E-state index in [1.807, 2.05) is 72.7 Å². The lowest BCUT2D eigenvalue weighted by Crippen LogP contribution is -2.34. The molecular weight excluding hydrogens is 384 g/mol. The second kappa shape index (κ2) is 9.04. The summed E-state index contributed by atoms with van der Waals surface area (Å²) < 4.78 is 0. The molecule has 0 saturated carbocycles. The van der Waals surface area contributed by atoms with Gasteiger partial charge in [0.1, 0.15) is 0 Å². The lowest BCUT2D eigenvalue weighted by Gasteiger charge is -2.27. The molecule has 0 aliphatic carbocycles. The summed E-state index contributed by atoms with van der Waals surface area (Å²) in [5, 5.41) is 2.06. The Morgan fingerprint density at radius 1 is 1.00 bits per heavy atom. The first-order valence-corrected chi connectivity index (χ1v) is 10.6. The van der Waals surface area contributed by atoms with Crippen LogP contribution in [0.1, 0.15) is 29.9 Å². The van der Waals surface area contributed by atoms with Gasteiger partial charge in [-0.05, 0) is 41.0 Å². The monoisotopic (exact) mass is 412 g/mol. The van der Waals surface area contributed by atoms with Crippen LogP contribution in [0.5, 0.6) is 0 Å². The van der Waals surface area contributed by atoms with Crippen molar-refractivity contribution in [2.24, 2.45) is 5.92 Å². The number of aromatic amines is 1. The Balaban J connectivity index is 1.68. The summed E-state index contributed by atoms with van der Waals surface area (Å²) in [7, 11) is 2.04. The standard InChI is InChI=1S/C26H28N4O/c1-19(2)16-30(26(31)25-13-6-9-20-8-4-5-12-24(20)25)23-11-7-10-22(14-23)29(3)17-21-15-27-18-28-21/h4-15,18-19H,16-17H2,1-3H3,(H,27,28). The molecule has 0 aliphatic heterocycles. The topological polar surface area (TPSA) is 52.2 Å². The minimum absolute atomic E-state index is 0.0267. The zero-order valence-corrected chi connectivity index (χ0v) is 18.2. The van der Waals surface area contributed by atoms with E-state index in [-0.39, 0.29) is 5.91 Å².